The van der Waals surface area contributed by atoms with Crippen LogP contribution in [0, 0.1) is 0 Å². The lowest BCUT2D eigenvalue weighted by Gasteiger charge is -2.31. The van der Waals surface area contributed by atoms with Crippen LogP contribution in [-0.4, -0.2) is 38.0 Å². The monoisotopic (exact) mass is 385 g/mol. The van der Waals surface area contributed by atoms with E-state index in [2.05, 4.69) is 60.3 Å². The normalized spacial score (nSPS) is 17.3. The van der Waals surface area contributed by atoms with Crippen LogP contribution in [0.5, 0.6) is 0 Å². The van der Waals surface area contributed by atoms with Crippen molar-refractivity contribution in [1.82, 2.24) is 4.90 Å². The summed E-state index contributed by atoms with van der Waals surface area (Å²) in [6, 6.07) is 15.1. The Morgan fingerprint density at radius 3 is 2.56 bits per heavy atom. The molecule has 2 aliphatic rings. The van der Waals surface area contributed by atoms with Crippen molar-refractivity contribution >= 4 is 35.4 Å². The van der Waals surface area contributed by atoms with E-state index in [1.807, 2.05) is 11.0 Å². The summed E-state index contributed by atoms with van der Waals surface area (Å²) < 4.78 is 0. The van der Waals surface area contributed by atoms with Crippen LogP contribution in [0.2, 0.25) is 0 Å². The second kappa shape index (κ2) is 7.91. The zero-order valence-electron chi connectivity index (χ0n) is 16.3. The summed E-state index contributed by atoms with van der Waals surface area (Å²) in [5, 5.41) is 0. The smallest absolute Gasteiger partial charge is 0.224 e. The lowest BCUT2D eigenvalue weighted by atomic mass is 9.96. The van der Waals surface area contributed by atoms with E-state index in [0.29, 0.717) is 0 Å². The Kier molecular flexibility index (Phi) is 5.78. The van der Waals surface area contributed by atoms with Gasteiger partial charge in [0, 0.05) is 19.2 Å². The zero-order chi connectivity index (χ0) is 18.3. The molecule has 0 saturated heterocycles. The zero-order valence-corrected chi connectivity index (χ0v) is 17.1. The van der Waals surface area contributed by atoms with E-state index in [-0.39, 0.29) is 24.4 Å². The van der Waals surface area contributed by atoms with E-state index >= 15 is 0 Å². The number of amides is 1. The number of nitrogens with zero attached hydrogens (tertiary/aromatic N) is 3. The van der Waals surface area contributed by atoms with Crippen molar-refractivity contribution in [3.8, 4) is 0 Å². The van der Waals surface area contributed by atoms with E-state index in [4.69, 9.17) is 0 Å². The first-order valence-electron chi connectivity index (χ1n) is 9.51. The molecule has 0 fully saturated rings. The van der Waals surface area contributed by atoms with Gasteiger partial charge in [-0.15, -0.1) is 12.4 Å². The van der Waals surface area contributed by atoms with Gasteiger partial charge in [-0.1, -0.05) is 30.3 Å². The summed E-state index contributed by atoms with van der Waals surface area (Å²) in [6.45, 7) is 3.71. The van der Waals surface area contributed by atoms with Gasteiger partial charge in [0.25, 0.3) is 0 Å². The van der Waals surface area contributed by atoms with Gasteiger partial charge in [0.2, 0.25) is 5.91 Å². The Hall–Kier alpha value is -2.04. The lowest BCUT2D eigenvalue weighted by Crippen LogP contribution is -2.33. The van der Waals surface area contributed by atoms with Crippen molar-refractivity contribution in [1.29, 1.82) is 0 Å². The highest BCUT2D eigenvalue weighted by atomic mass is 35.5. The fourth-order valence-corrected chi connectivity index (χ4v) is 4.47. The third kappa shape index (κ3) is 3.44. The van der Waals surface area contributed by atoms with Crippen LogP contribution in [0.25, 0.3) is 0 Å². The maximum atomic E-state index is 12.7. The summed E-state index contributed by atoms with van der Waals surface area (Å²) in [7, 11) is 4.21. The third-order valence-corrected chi connectivity index (χ3v) is 5.55. The van der Waals surface area contributed by atoms with Gasteiger partial charge in [0.15, 0.2) is 0 Å². The van der Waals surface area contributed by atoms with Crippen LogP contribution in [-0.2, 0) is 11.2 Å². The SMILES string of the molecule is CC(=O)N1c2ccccc2N2CCc3cccc(c32)C1CCCN(C)C.Cl. The molecule has 0 N–H and O–H groups in total. The average molecular weight is 386 g/mol. The minimum absolute atomic E-state index is 0. The maximum Gasteiger partial charge on any atom is 0.224 e. The summed E-state index contributed by atoms with van der Waals surface area (Å²) in [4.78, 5) is 19.4. The quantitative estimate of drug-likeness (QED) is 0.772. The topological polar surface area (TPSA) is 26.8 Å². The molecule has 2 aromatic rings. The maximum absolute atomic E-state index is 12.7. The molecule has 0 radical (unpaired) electrons. The molecule has 4 rings (SSSR count). The minimum Gasteiger partial charge on any atom is -0.339 e. The van der Waals surface area contributed by atoms with Gasteiger partial charge in [0.05, 0.1) is 17.4 Å². The second-order valence-corrected chi connectivity index (χ2v) is 7.60. The van der Waals surface area contributed by atoms with Crippen molar-refractivity contribution in [3.63, 3.8) is 0 Å². The van der Waals surface area contributed by atoms with E-state index in [1.165, 1.54) is 16.8 Å². The second-order valence-electron chi connectivity index (χ2n) is 7.60. The number of benzene rings is 2. The van der Waals surface area contributed by atoms with Gasteiger partial charge >= 0.3 is 0 Å². The summed E-state index contributed by atoms with van der Waals surface area (Å²) in [5.74, 6) is 0.117. The van der Waals surface area contributed by atoms with Crippen molar-refractivity contribution in [2.45, 2.75) is 32.2 Å². The molecular formula is C22H28ClN3O. The molecule has 0 saturated carbocycles. The van der Waals surface area contributed by atoms with Crippen molar-refractivity contribution in [2.75, 3.05) is 37.0 Å². The highest BCUT2D eigenvalue weighted by Crippen LogP contribution is 2.50. The molecule has 2 aliphatic heterocycles. The molecule has 0 spiro atoms. The fourth-order valence-electron chi connectivity index (χ4n) is 4.47. The van der Waals surface area contributed by atoms with Crippen LogP contribution in [0.1, 0.15) is 36.9 Å². The number of carbonyl (C=O) groups excluding carboxylic acids is 1. The van der Waals surface area contributed by atoms with E-state index < -0.39 is 0 Å². The summed E-state index contributed by atoms with van der Waals surface area (Å²) >= 11 is 0. The Bertz CT molecular complexity index is 836. The third-order valence-electron chi connectivity index (χ3n) is 5.55. The summed E-state index contributed by atoms with van der Waals surface area (Å²) in [6.07, 6.45) is 3.10. The van der Waals surface area contributed by atoms with Crippen molar-refractivity contribution in [3.05, 3.63) is 53.6 Å². The molecule has 5 heteroatoms. The highest BCUT2D eigenvalue weighted by Gasteiger charge is 2.36. The van der Waals surface area contributed by atoms with E-state index in [0.717, 1.165) is 43.7 Å². The molecule has 144 valence electrons. The first kappa shape index (κ1) is 19.7. The van der Waals surface area contributed by atoms with Crippen LogP contribution >= 0.6 is 12.4 Å². The summed E-state index contributed by atoms with van der Waals surface area (Å²) in [5.41, 5.74) is 6.23. The van der Waals surface area contributed by atoms with Gasteiger partial charge in [-0.25, -0.2) is 0 Å². The predicted octanol–water partition coefficient (Wildman–Crippen LogP) is 4.55. The number of para-hydroxylation sites is 3. The lowest BCUT2D eigenvalue weighted by molar-refractivity contribution is -0.117. The van der Waals surface area contributed by atoms with Crippen molar-refractivity contribution in [2.24, 2.45) is 0 Å². The Labute approximate surface area is 168 Å². The standard InChI is InChI=1S/C22H27N3O.ClH/c1-16(26)25-19(12-7-14-23(2)3)18-9-6-8-17-13-15-24(22(17)18)20-10-4-5-11-21(20)25;/h4-6,8-11,19H,7,12-15H2,1-3H3;1H. The highest BCUT2D eigenvalue weighted by molar-refractivity contribution is 5.99. The van der Waals surface area contributed by atoms with Gasteiger partial charge < -0.3 is 14.7 Å². The first-order chi connectivity index (χ1) is 12.6. The molecular weight excluding hydrogens is 358 g/mol. The fraction of sp³-hybridized carbons (Fsp3) is 0.409. The predicted molar refractivity (Wildman–Crippen MR) is 115 cm³/mol. The number of hydrogen-bond acceptors (Lipinski definition) is 3. The van der Waals surface area contributed by atoms with Crippen LogP contribution in [0.3, 0.4) is 0 Å². The number of fused-ring (bicyclic) bond motifs is 2. The Morgan fingerprint density at radius 2 is 1.85 bits per heavy atom. The van der Waals surface area contributed by atoms with Crippen LogP contribution in [0.15, 0.2) is 42.5 Å². The van der Waals surface area contributed by atoms with Crippen molar-refractivity contribution < 1.29 is 4.79 Å². The van der Waals surface area contributed by atoms with Crippen LogP contribution in [0.4, 0.5) is 17.1 Å². The molecule has 1 amide bonds. The van der Waals surface area contributed by atoms with E-state index in [1.54, 1.807) is 6.92 Å². The number of hydrogen-bond donors (Lipinski definition) is 0. The van der Waals surface area contributed by atoms with Gasteiger partial charge in [0.1, 0.15) is 0 Å². The Morgan fingerprint density at radius 1 is 1.11 bits per heavy atom. The number of rotatable bonds is 4. The van der Waals surface area contributed by atoms with Crippen LogP contribution < -0.4 is 9.80 Å². The molecule has 1 atom stereocenters. The average Bonchev–Trinajstić information content (AvgIpc) is 2.99. The first-order valence-corrected chi connectivity index (χ1v) is 9.51. The van der Waals surface area contributed by atoms with Gasteiger partial charge in [-0.3, -0.25) is 4.79 Å². The number of halogens is 1. The molecule has 2 heterocycles. The number of anilines is 3. The molecule has 0 aromatic heterocycles. The minimum atomic E-state index is 0. The van der Waals surface area contributed by atoms with Gasteiger partial charge in [-0.05, 0) is 63.2 Å². The molecule has 0 aliphatic carbocycles. The number of carbonyl (C=O) groups is 1. The molecule has 2 aromatic carbocycles. The molecule has 27 heavy (non-hydrogen) atoms. The van der Waals surface area contributed by atoms with E-state index in [9.17, 15) is 4.79 Å². The molecule has 4 nitrogen and oxygen atoms in total. The molecule has 1 unspecified atom stereocenters. The molecule has 0 bridgehead atoms. The Balaban J connectivity index is 0.00000210. The largest absolute Gasteiger partial charge is 0.339 e. The van der Waals surface area contributed by atoms with Gasteiger partial charge in [-0.2, -0.15) is 0 Å².